The fourth-order valence-electron chi connectivity index (χ4n) is 2.25. The zero-order valence-electron chi connectivity index (χ0n) is 13.2. The summed E-state index contributed by atoms with van der Waals surface area (Å²) in [6.07, 6.45) is 3.17. The van der Waals surface area contributed by atoms with E-state index in [1.54, 1.807) is 6.92 Å². The standard InChI is InChI=1S/C16H18N2O4S/c1-4-12-10(3)23-15(13(12)16(20)22-5-2)17-14(19)11-6-8-18(21)9-7-11/h6-9H,4-5H2,1-3H3,(H,17,19). The molecule has 0 bridgehead atoms. The number of hydrogen-bond acceptors (Lipinski definition) is 5. The van der Waals surface area contributed by atoms with Crippen LogP contribution in [0.25, 0.3) is 0 Å². The van der Waals surface area contributed by atoms with Crippen molar-refractivity contribution in [2.45, 2.75) is 27.2 Å². The number of pyridine rings is 1. The van der Waals surface area contributed by atoms with Crippen LogP contribution in [-0.2, 0) is 11.2 Å². The van der Waals surface area contributed by atoms with Crippen LogP contribution in [0.1, 0.15) is 45.0 Å². The molecule has 122 valence electrons. The average molecular weight is 334 g/mol. The quantitative estimate of drug-likeness (QED) is 0.518. The summed E-state index contributed by atoms with van der Waals surface area (Å²) < 4.78 is 5.70. The van der Waals surface area contributed by atoms with Crippen molar-refractivity contribution >= 4 is 28.2 Å². The van der Waals surface area contributed by atoms with Crippen molar-refractivity contribution in [2.24, 2.45) is 0 Å². The van der Waals surface area contributed by atoms with Gasteiger partial charge in [-0.3, -0.25) is 4.79 Å². The number of esters is 1. The third kappa shape index (κ3) is 3.68. The number of rotatable bonds is 5. The summed E-state index contributed by atoms with van der Waals surface area (Å²) in [5, 5.41) is 14.3. The topological polar surface area (TPSA) is 82.3 Å². The molecule has 0 radical (unpaired) electrons. The number of hydrogen-bond donors (Lipinski definition) is 1. The third-order valence-corrected chi connectivity index (χ3v) is 4.40. The smallest absolute Gasteiger partial charge is 0.341 e. The van der Waals surface area contributed by atoms with Crippen molar-refractivity contribution in [2.75, 3.05) is 11.9 Å². The van der Waals surface area contributed by atoms with Crippen molar-refractivity contribution in [3.63, 3.8) is 0 Å². The molecule has 7 heteroatoms. The fourth-order valence-corrected chi connectivity index (χ4v) is 3.38. The highest BCUT2D eigenvalue weighted by Gasteiger charge is 2.23. The Hall–Kier alpha value is -2.41. The number of amides is 1. The van der Waals surface area contributed by atoms with E-state index in [1.807, 2.05) is 13.8 Å². The van der Waals surface area contributed by atoms with Crippen molar-refractivity contribution in [1.82, 2.24) is 0 Å². The molecule has 0 spiro atoms. The Labute approximate surface area is 138 Å². The van der Waals surface area contributed by atoms with Gasteiger partial charge in [0, 0.05) is 17.0 Å². The lowest BCUT2D eigenvalue weighted by atomic mass is 10.1. The van der Waals surface area contributed by atoms with Crippen molar-refractivity contribution in [1.29, 1.82) is 0 Å². The van der Waals surface area contributed by atoms with Gasteiger partial charge in [0.1, 0.15) is 5.00 Å². The van der Waals surface area contributed by atoms with Crippen molar-refractivity contribution < 1.29 is 19.1 Å². The Morgan fingerprint density at radius 2 is 1.96 bits per heavy atom. The van der Waals surface area contributed by atoms with E-state index in [0.717, 1.165) is 10.4 Å². The summed E-state index contributed by atoms with van der Waals surface area (Å²) in [5.74, 6) is -0.811. The summed E-state index contributed by atoms with van der Waals surface area (Å²) in [5.41, 5.74) is 1.64. The number of aromatic nitrogens is 1. The lowest BCUT2D eigenvalue weighted by molar-refractivity contribution is -0.605. The van der Waals surface area contributed by atoms with Crippen LogP contribution in [0.3, 0.4) is 0 Å². The lowest BCUT2D eigenvalue weighted by Gasteiger charge is -2.08. The molecular formula is C16H18N2O4S. The summed E-state index contributed by atoms with van der Waals surface area (Å²) >= 11 is 1.35. The minimum atomic E-state index is -0.436. The second-order valence-electron chi connectivity index (χ2n) is 4.82. The number of nitrogens with one attached hydrogen (secondary N) is 1. The number of thiophene rings is 1. The molecule has 0 atom stereocenters. The van der Waals surface area contributed by atoms with E-state index in [0.29, 0.717) is 27.3 Å². The van der Waals surface area contributed by atoms with Gasteiger partial charge in [0.05, 0.1) is 17.7 Å². The van der Waals surface area contributed by atoms with Crippen LogP contribution in [0, 0.1) is 12.1 Å². The van der Waals surface area contributed by atoms with E-state index in [9.17, 15) is 14.8 Å². The average Bonchev–Trinajstić information content (AvgIpc) is 2.83. The first-order valence-electron chi connectivity index (χ1n) is 7.27. The van der Waals surface area contributed by atoms with E-state index in [2.05, 4.69) is 5.32 Å². The van der Waals surface area contributed by atoms with Gasteiger partial charge in [0.15, 0.2) is 12.4 Å². The Morgan fingerprint density at radius 1 is 1.30 bits per heavy atom. The number of ether oxygens (including phenoxy) is 1. The molecule has 0 aliphatic carbocycles. The highest BCUT2D eigenvalue weighted by molar-refractivity contribution is 7.16. The molecule has 2 heterocycles. The van der Waals surface area contributed by atoms with Gasteiger partial charge in [-0.2, -0.15) is 4.73 Å². The maximum Gasteiger partial charge on any atom is 0.341 e. The third-order valence-electron chi connectivity index (χ3n) is 3.33. The zero-order valence-corrected chi connectivity index (χ0v) is 14.0. The van der Waals surface area contributed by atoms with E-state index in [-0.39, 0.29) is 12.5 Å². The van der Waals surface area contributed by atoms with Crippen LogP contribution >= 0.6 is 11.3 Å². The molecule has 2 aromatic rings. The molecule has 2 aromatic heterocycles. The molecule has 1 amide bonds. The van der Waals surface area contributed by atoms with Crippen LogP contribution in [0.15, 0.2) is 24.5 Å². The summed E-state index contributed by atoms with van der Waals surface area (Å²) in [4.78, 5) is 25.5. The normalized spacial score (nSPS) is 10.4. The van der Waals surface area contributed by atoms with Gasteiger partial charge in [-0.05, 0) is 25.8 Å². The molecule has 0 aromatic carbocycles. The van der Waals surface area contributed by atoms with Crippen molar-refractivity contribution in [3.8, 4) is 0 Å². The first-order valence-corrected chi connectivity index (χ1v) is 8.09. The molecule has 6 nitrogen and oxygen atoms in total. The van der Waals surface area contributed by atoms with Crippen LogP contribution in [-0.4, -0.2) is 18.5 Å². The fraction of sp³-hybridized carbons (Fsp3) is 0.312. The highest BCUT2D eigenvalue weighted by atomic mass is 32.1. The molecule has 2 rings (SSSR count). The Morgan fingerprint density at radius 3 is 2.52 bits per heavy atom. The largest absolute Gasteiger partial charge is 0.619 e. The monoisotopic (exact) mass is 334 g/mol. The molecule has 0 saturated carbocycles. The van der Waals surface area contributed by atoms with Gasteiger partial charge in [0.25, 0.3) is 5.91 Å². The lowest BCUT2D eigenvalue weighted by Crippen LogP contribution is -2.25. The van der Waals surface area contributed by atoms with E-state index < -0.39 is 5.97 Å². The van der Waals surface area contributed by atoms with E-state index in [4.69, 9.17) is 4.74 Å². The molecule has 0 unspecified atom stereocenters. The number of anilines is 1. The van der Waals surface area contributed by atoms with E-state index >= 15 is 0 Å². The summed E-state index contributed by atoms with van der Waals surface area (Å²) in [6, 6.07) is 2.85. The Kier molecular flexibility index (Phi) is 5.33. The molecule has 1 N–H and O–H groups in total. The minimum absolute atomic E-state index is 0.270. The van der Waals surface area contributed by atoms with Gasteiger partial charge in [-0.25, -0.2) is 4.79 Å². The van der Waals surface area contributed by atoms with Crippen LogP contribution in [0.5, 0.6) is 0 Å². The van der Waals surface area contributed by atoms with Crippen molar-refractivity contribution in [3.05, 3.63) is 51.3 Å². The summed E-state index contributed by atoms with van der Waals surface area (Å²) in [7, 11) is 0. The van der Waals surface area contributed by atoms with Gasteiger partial charge in [-0.1, -0.05) is 6.92 Å². The molecule has 0 saturated heterocycles. The molecule has 23 heavy (non-hydrogen) atoms. The van der Waals surface area contributed by atoms with Gasteiger partial charge >= 0.3 is 5.97 Å². The number of carbonyl (C=O) groups is 2. The van der Waals surface area contributed by atoms with Gasteiger partial charge < -0.3 is 15.3 Å². The SMILES string of the molecule is CCOC(=O)c1c(NC(=O)c2cc[n+]([O-])cc2)sc(C)c1CC. The second kappa shape index (κ2) is 7.23. The molecule has 0 aliphatic heterocycles. The number of nitrogens with zero attached hydrogens (tertiary/aromatic N) is 1. The summed E-state index contributed by atoms with van der Waals surface area (Å²) in [6.45, 7) is 5.87. The van der Waals surface area contributed by atoms with Gasteiger partial charge in [-0.15, -0.1) is 11.3 Å². The number of aryl methyl sites for hydroxylation is 1. The Balaban J connectivity index is 2.33. The molecule has 0 aliphatic rings. The van der Waals surface area contributed by atoms with Crippen LogP contribution < -0.4 is 10.0 Å². The van der Waals surface area contributed by atoms with Crippen LogP contribution in [0.4, 0.5) is 5.00 Å². The van der Waals surface area contributed by atoms with E-state index in [1.165, 1.54) is 35.9 Å². The first kappa shape index (κ1) is 17.0. The molecular weight excluding hydrogens is 316 g/mol. The highest BCUT2D eigenvalue weighted by Crippen LogP contribution is 2.34. The zero-order chi connectivity index (χ0) is 17.0. The molecule has 0 fully saturated rings. The predicted molar refractivity (Wildman–Crippen MR) is 87.7 cm³/mol. The number of carbonyl (C=O) groups excluding carboxylic acids is 2. The second-order valence-corrected chi connectivity index (χ2v) is 6.04. The maximum atomic E-state index is 12.3. The minimum Gasteiger partial charge on any atom is -0.619 e. The first-order chi connectivity index (χ1) is 11.0. The maximum absolute atomic E-state index is 12.3. The van der Waals surface area contributed by atoms with Gasteiger partial charge in [0.2, 0.25) is 0 Å². The van der Waals surface area contributed by atoms with Crippen LogP contribution in [0.2, 0.25) is 0 Å². The Bertz CT molecular complexity index is 722. The predicted octanol–water partition coefficient (Wildman–Crippen LogP) is 2.68.